The summed E-state index contributed by atoms with van der Waals surface area (Å²) in [4.78, 5) is 31.1. The molecule has 4 aromatic rings. The normalized spacial score (nSPS) is 10.3. The van der Waals surface area contributed by atoms with Gasteiger partial charge in [0, 0.05) is 23.6 Å². The lowest BCUT2D eigenvalue weighted by Gasteiger charge is -2.26. The van der Waals surface area contributed by atoms with E-state index in [1.54, 1.807) is 72.7 Å². The van der Waals surface area contributed by atoms with Gasteiger partial charge in [0.1, 0.15) is 12.4 Å². The number of hydrogen-bond donors (Lipinski definition) is 1. The van der Waals surface area contributed by atoms with Crippen molar-refractivity contribution in [2.45, 2.75) is 20.1 Å². The summed E-state index contributed by atoms with van der Waals surface area (Å²) in [5, 5.41) is 3.03. The Labute approximate surface area is 227 Å². The van der Waals surface area contributed by atoms with Crippen LogP contribution in [0.2, 0.25) is 0 Å². The maximum absolute atomic E-state index is 13.1. The standard InChI is InChI=1S/C30H27N3O4S/c1-2-36-29(35)24-13-15-26(16-14-24)33(20-23-10-7-17-31-19-23)30(38)32-28(34)25-11-6-12-27(18-25)37-21-22-8-4-3-5-9-22/h3-19H,2,20-21H2,1H3,(H,32,34,38). The number of nitrogens with zero attached hydrogens (tertiary/aromatic N) is 2. The van der Waals surface area contributed by atoms with Crippen molar-refractivity contribution < 1.29 is 19.1 Å². The SMILES string of the molecule is CCOC(=O)c1ccc(N(Cc2cccnc2)C(=S)NC(=O)c2cccc(OCc3ccccc3)c2)cc1. The molecule has 4 rings (SSSR count). The summed E-state index contributed by atoms with van der Waals surface area (Å²) in [7, 11) is 0. The van der Waals surface area contributed by atoms with Crippen LogP contribution in [-0.4, -0.2) is 28.6 Å². The Morgan fingerprint density at radius 2 is 1.66 bits per heavy atom. The van der Waals surface area contributed by atoms with E-state index in [1.807, 2.05) is 42.5 Å². The molecule has 1 amide bonds. The molecule has 0 saturated heterocycles. The fourth-order valence-corrected chi connectivity index (χ4v) is 3.91. The number of ether oxygens (including phenoxy) is 2. The molecule has 0 fully saturated rings. The number of esters is 1. The molecule has 0 spiro atoms. The molecule has 7 nitrogen and oxygen atoms in total. The predicted octanol–water partition coefficient (Wildman–Crippen LogP) is 5.56. The molecule has 0 aliphatic rings. The van der Waals surface area contributed by atoms with Crippen LogP contribution in [0.25, 0.3) is 0 Å². The highest BCUT2D eigenvalue weighted by atomic mass is 32.1. The number of amides is 1. The zero-order valence-electron chi connectivity index (χ0n) is 20.9. The molecule has 38 heavy (non-hydrogen) atoms. The third-order valence-corrected chi connectivity index (χ3v) is 5.89. The van der Waals surface area contributed by atoms with Gasteiger partial charge in [0.2, 0.25) is 0 Å². The molecule has 0 bridgehead atoms. The molecule has 0 radical (unpaired) electrons. The number of pyridine rings is 1. The molecule has 3 aromatic carbocycles. The highest BCUT2D eigenvalue weighted by Crippen LogP contribution is 2.20. The number of thiocarbonyl (C=S) groups is 1. The van der Waals surface area contributed by atoms with Gasteiger partial charge in [0.25, 0.3) is 5.91 Å². The molecule has 0 saturated carbocycles. The Hall–Kier alpha value is -4.56. The maximum Gasteiger partial charge on any atom is 0.338 e. The molecule has 0 unspecified atom stereocenters. The highest BCUT2D eigenvalue weighted by Gasteiger charge is 2.18. The minimum Gasteiger partial charge on any atom is -0.489 e. The average Bonchev–Trinajstić information content (AvgIpc) is 2.96. The van der Waals surface area contributed by atoms with Crippen molar-refractivity contribution >= 4 is 34.9 Å². The maximum atomic E-state index is 13.1. The van der Waals surface area contributed by atoms with Crippen molar-refractivity contribution in [3.63, 3.8) is 0 Å². The van der Waals surface area contributed by atoms with Crippen LogP contribution >= 0.6 is 12.2 Å². The number of nitrogens with one attached hydrogen (secondary N) is 1. The minimum absolute atomic E-state index is 0.207. The van der Waals surface area contributed by atoms with Crippen LogP contribution in [0, 0.1) is 0 Å². The Kier molecular flexibility index (Phi) is 9.15. The van der Waals surface area contributed by atoms with Crippen molar-refractivity contribution in [2.24, 2.45) is 0 Å². The number of rotatable bonds is 9. The lowest BCUT2D eigenvalue weighted by molar-refractivity contribution is 0.0526. The van der Waals surface area contributed by atoms with E-state index in [4.69, 9.17) is 21.7 Å². The average molecular weight is 526 g/mol. The van der Waals surface area contributed by atoms with Crippen molar-refractivity contribution in [3.8, 4) is 5.75 Å². The first-order valence-corrected chi connectivity index (χ1v) is 12.5. The van der Waals surface area contributed by atoms with E-state index >= 15 is 0 Å². The van der Waals surface area contributed by atoms with Gasteiger partial charge in [0.15, 0.2) is 5.11 Å². The molecule has 192 valence electrons. The van der Waals surface area contributed by atoms with Gasteiger partial charge in [-0.05, 0) is 78.8 Å². The molecule has 0 atom stereocenters. The second-order valence-corrected chi connectivity index (χ2v) is 8.66. The number of anilines is 1. The van der Waals surface area contributed by atoms with Crippen LogP contribution in [0.1, 0.15) is 38.8 Å². The summed E-state index contributed by atoms with van der Waals surface area (Å²) < 4.78 is 10.9. The number of carbonyl (C=O) groups excluding carboxylic acids is 2. The monoisotopic (exact) mass is 525 g/mol. The summed E-state index contributed by atoms with van der Waals surface area (Å²) in [6.45, 7) is 2.81. The highest BCUT2D eigenvalue weighted by molar-refractivity contribution is 7.80. The first-order chi connectivity index (χ1) is 18.5. The van der Waals surface area contributed by atoms with E-state index in [0.29, 0.717) is 42.3 Å². The fraction of sp³-hybridized carbons (Fsp3) is 0.133. The topological polar surface area (TPSA) is 80.8 Å². The minimum atomic E-state index is -0.400. The van der Waals surface area contributed by atoms with E-state index in [1.165, 1.54) is 0 Å². The lowest BCUT2D eigenvalue weighted by Crippen LogP contribution is -2.42. The van der Waals surface area contributed by atoms with Gasteiger partial charge in [-0.2, -0.15) is 0 Å². The van der Waals surface area contributed by atoms with Crippen LogP contribution in [0.3, 0.4) is 0 Å². The summed E-state index contributed by atoms with van der Waals surface area (Å²) in [5.41, 5.74) is 3.47. The quantitative estimate of drug-likeness (QED) is 0.226. The molecule has 0 aliphatic heterocycles. The van der Waals surface area contributed by atoms with Gasteiger partial charge in [-0.3, -0.25) is 15.1 Å². The van der Waals surface area contributed by atoms with Gasteiger partial charge in [-0.1, -0.05) is 42.5 Å². The molecule has 0 aliphatic carbocycles. The Morgan fingerprint density at radius 1 is 0.895 bits per heavy atom. The number of hydrogen-bond acceptors (Lipinski definition) is 6. The second kappa shape index (κ2) is 13.1. The fourth-order valence-electron chi connectivity index (χ4n) is 3.65. The Balaban J connectivity index is 1.49. The third-order valence-electron chi connectivity index (χ3n) is 5.56. The van der Waals surface area contributed by atoms with Crippen molar-refractivity contribution in [1.29, 1.82) is 0 Å². The van der Waals surface area contributed by atoms with E-state index < -0.39 is 5.97 Å². The van der Waals surface area contributed by atoms with Crippen LogP contribution in [-0.2, 0) is 17.9 Å². The van der Waals surface area contributed by atoms with Gasteiger partial charge in [-0.15, -0.1) is 0 Å². The third kappa shape index (κ3) is 7.24. The Bertz CT molecular complexity index is 1380. The number of carbonyl (C=O) groups is 2. The van der Waals surface area contributed by atoms with Crippen LogP contribution in [0.15, 0.2) is 103 Å². The lowest BCUT2D eigenvalue weighted by atomic mass is 10.1. The van der Waals surface area contributed by atoms with E-state index in [9.17, 15) is 9.59 Å². The first kappa shape index (κ1) is 26.5. The number of aromatic nitrogens is 1. The van der Waals surface area contributed by atoms with Gasteiger partial charge < -0.3 is 14.4 Å². The predicted molar refractivity (Wildman–Crippen MR) is 150 cm³/mol. The van der Waals surface area contributed by atoms with Crippen LogP contribution in [0.5, 0.6) is 5.75 Å². The number of benzene rings is 3. The van der Waals surface area contributed by atoms with Crippen LogP contribution < -0.4 is 15.0 Å². The summed E-state index contributed by atoms with van der Waals surface area (Å²) >= 11 is 5.66. The molecular formula is C30H27N3O4S. The summed E-state index contributed by atoms with van der Waals surface area (Å²) in [6, 6.07) is 27.4. The van der Waals surface area contributed by atoms with Gasteiger partial charge >= 0.3 is 5.97 Å². The molecule has 1 N–H and O–H groups in total. The van der Waals surface area contributed by atoms with E-state index in [2.05, 4.69) is 10.3 Å². The molecule has 1 aromatic heterocycles. The summed E-state index contributed by atoms with van der Waals surface area (Å²) in [5.74, 6) is -0.184. The first-order valence-electron chi connectivity index (χ1n) is 12.1. The second-order valence-electron chi connectivity index (χ2n) is 8.28. The van der Waals surface area contributed by atoms with Gasteiger partial charge in [0.05, 0.1) is 18.7 Å². The molecule has 8 heteroatoms. The zero-order valence-corrected chi connectivity index (χ0v) is 21.7. The van der Waals surface area contributed by atoms with Crippen molar-refractivity contribution in [1.82, 2.24) is 10.3 Å². The zero-order chi connectivity index (χ0) is 26.7. The Morgan fingerprint density at radius 3 is 2.37 bits per heavy atom. The van der Waals surface area contributed by atoms with Crippen molar-refractivity contribution in [3.05, 3.63) is 126 Å². The van der Waals surface area contributed by atoms with E-state index in [-0.39, 0.29) is 11.0 Å². The van der Waals surface area contributed by atoms with Crippen molar-refractivity contribution in [2.75, 3.05) is 11.5 Å². The van der Waals surface area contributed by atoms with E-state index in [0.717, 1.165) is 11.1 Å². The van der Waals surface area contributed by atoms with Gasteiger partial charge in [-0.25, -0.2) is 4.79 Å². The van der Waals surface area contributed by atoms with Crippen LogP contribution in [0.4, 0.5) is 5.69 Å². The summed E-state index contributed by atoms with van der Waals surface area (Å²) in [6.07, 6.45) is 3.42. The smallest absolute Gasteiger partial charge is 0.338 e. The molecular weight excluding hydrogens is 498 g/mol. The molecule has 1 heterocycles. The largest absolute Gasteiger partial charge is 0.489 e.